The number of nitrogens with one attached hydrogen (secondary N) is 1. The van der Waals surface area contributed by atoms with Crippen LogP contribution in [-0.4, -0.2) is 62.1 Å². The van der Waals surface area contributed by atoms with Gasteiger partial charge in [-0.1, -0.05) is 37.3 Å². The third-order valence-electron chi connectivity index (χ3n) is 4.69. The van der Waals surface area contributed by atoms with Crippen molar-refractivity contribution in [1.82, 2.24) is 10.2 Å². The number of hydrogen-bond acceptors (Lipinski definition) is 6. The van der Waals surface area contributed by atoms with Gasteiger partial charge in [0, 0.05) is 51.7 Å². The van der Waals surface area contributed by atoms with Crippen LogP contribution in [0.4, 0.5) is 0 Å². The average Bonchev–Trinajstić information content (AvgIpc) is 2.81. The zero-order valence-electron chi connectivity index (χ0n) is 20.3. The van der Waals surface area contributed by atoms with Crippen molar-refractivity contribution in [3.63, 3.8) is 0 Å². The first-order valence-corrected chi connectivity index (χ1v) is 11.3. The normalized spacial score (nSPS) is 12.8. The van der Waals surface area contributed by atoms with Gasteiger partial charge in [-0.15, -0.1) is 0 Å². The Morgan fingerprint density at radius 2 is 2.12 bits per heavy atom. The molecule has 0 aromatic heterocycles. The lowest BCUT2D eigenvalue weighted by atomic mass is 10.2. The second kappa shape index (κ2) is 17.4. The monoisotopic (exact) mass is 453 g/mol. The van der Waals surface area contributed by atoms with E-state index in [1.807, 2.05) is 36.4 Å². The van der Waals surface area contributed by atoms with E-state index in [-0.39, 0.29) is 5.75 Å². The van der Waals surface area contributed by atoms with Crippen LogP contribution in [0.2, 0.25) is 0 Å². The van der Waals surface area contributed by atoms with E-state index < -0.39 is 0 Å². The number of amidine groups is 1. The van der Waals surface area contributed by atoms with Gasteiger partial charge in [-0.05, 0) is 44.2 Å². The molecule has 0 bridgehead atoms. The molecule has 7 heteroatoms. The molecule has 0 spiro atoms. The third-order valence-corrected chi connectivity index (χ3v) is 4.69. The molecule has 0 aliphatic heterocycles. The molecule has 0 radical (unpaired) electrons. The minimum Gasteiger partial charge on any atom is -0.508 e. The van der Waals surface area contributed by atoms with E-state index in [0.29, 0.717) is 31.4 Å². The maximum atomic E-state index is 9.72. The Morgan fingerprint density at radius 1 is 1.30 bits per heavy atom. The van der Waals surface area contributed by atoms with Crippen LogP contribution in [0.5, 0.6) is 5.75 Å². The van der Waals surface area contributed by atoms with Gasteiger partial charge in [0.1, 0.15) is 17.4 Å². The Balaban J connectivity index is 2.87. The van der Waals surface area contributed by atoms with Crippen molar-refractivity contribution < 1.29 is 9.84 Å². The summed E-state index contributed by atoms with van der Waals surface area (Å²) in [6.45, 7) is 14.7. The number of nitrogens with zero attached hydrogens (tertiary/aromatic N) is 4. The predicted molar refractivity (Wildman–Crippen MR) is 140 cm³/mol. The zero-order valence-corrected chi connectivity index (χ0v) is 20.3. The zero-order chi connectivity index (χ0) is 24.3. The van der Waals surface area contributed by atoms with Crippen LogP contribution in [0.3, 0.4) is 0 Å². The molecular formula is C26H39N5O2. The molecule has 0 fully saturated rings. The molecule has 7 nitrogen and oxygen atoms in total. The second-order valence-electron chi connectivity index (χ2n) is 7.54. The fraction of sp³-hybridized carbons (Fsp3) is 0.423. The number of allylic oxidation sites excluding steroid dienone is 1. The number of aromatic hydroxyl groups is 1. The van der Waals surface area contributed by atoms with Gasteiger partial charge in [-0.3, -0.25) is 9.98 Å². The van der Waals surface area contributed by atoms with E-state index in [2.05, 4.69) is 48.5 Å². The van der Waals surface area contributed by atoms with E-state index in [1.54, 1.807) is 12.1 Å². The van der Waals surface area contributed by atoms with Crippen LogP contribution in [0.1, 0.15) is 38.7 Å². The standard InChI is InChI=1S/C26H39N5O2/c1-6-17-33-18-16-31(5)26(27-4)20-25(30-21-23-11-8-12-24(32)19-23)29-15-13-22(3)10-9-14-28-7-2/h7-8,10-12,14,19-20,32H,2,4,6,9,13,15-18,21H2,1,3,5H3,(H,29,30)/b22-10+,26-20+,28-14?. The number of benzene rings is 1. The molecule has 0 saturated heterocycles. The molecule has 0 amide bonds. The van der Waals surface area contributed by atoms with Crippen LogP contribution in [0.25, 0.3) is 0 Å². The highest BCUT2D eigenvalue weighted by Crippen LogP contribution is 2.12. The molecule has 1 rings (SSSR count). The van der Waals surface area contributed by atoms with Crippen LogP contribution >= 0.6 is 0 Å². The molecule has 180 valence electrons. The number of likely N-dealkylation sites (N-methyl/N-ethyl adjacent to an activating group) is 1. The Morgan fingerprint density at radius 3 is 2.82 bits per heavy atom. The number of phenols is 1. The van der Waals surface area contributed by atoms with E-state index in [4.69, 9.17) is 9.73 Å². The van der Waals surface area contributed by atoms with E-state index in [0.717, 1.165) is 38.0 Å². The number of ether oxygens (including phenoxy) is 1. The SMILES string of the molecule is C=CN=CC/C=C(\C)CCNC(/C=C(\N=C)N(C)CCOCCC)=NCc1cccc(O)c1. The van der Waals surface area contributed by atoms with Gasteiger partial charge in [0.2, 0.25) is 0 Å². The Kier molecular flexibility index (Phi) is 14.7. The summed E-state index contributed by atoms with van der Waals surface area (Å²) in [7, 11) is 1.96. The highest BCUT2D eigenvalue weighted by molar-refractivity contribution is 5.93. The Hall–Kier alpha value is -3.19. The number of aliphatic imine (C=N–C) groups is 3. The molecule has 33 heavy (non-hydrogen) atoms. The fourth-order valence-electron chi connectivity index (χ4n) is 2.82. The van der Waals surface area contributed by atoms with Gasteiger partial charge >= 0.3 is 0 Å². The smallest absolute Gasteiger partial charge is 0.131 e. The first kappa shape index (κ1) is 27.8. The number of hydrogen-bond donors (Lipinski definition) is 2. The Bertz CT molecular complexity index is 843. The molecule has 1 aromatic carbocycles. The highest BCUT2D eigenvalue weighted by atomic mass is 16.5. The molecule has 0 saturated carbocycles. The summed E-state index contributed by atoms with van der Waals surface area (Å²) in [4.78, 5) is 14.9. The van der Waals surface area contributed by atoms with Gasteiger partial charge in [0.15, 0.2) is 0 Å². The molecule has 0 atom stereocenters. The van der Waals surface area contributed by atoms with Gasteiger partial charge < -0.3 is 20.1 Å². The quantitative estimate of drug-likeness (QED) is 0.164. The number of rotatable bonds is 16. The van der Waals surface area contributed by atoms with E-state index in [9.17, 15) is 5.11 Å². The van der Waals surface area contributed by atoms with Crippen molar-refractivity contribution in [3.8, 4) is 5.75 Å². The first-order valence-electron chi connectivity index (χ1n) is 11.3. The molecule has 0 heterocycles. The lowest BCUT2D eigenvalue weighted by Gasteiger charge is -2.20. The lowest BCUT2D eigenvalue weighted by Crippen LogP contribution is -2.27. The summed E-state index contributed by atoms with van der Waals surface area (Å²) >= 11 is 0. The molecule has 0 aliphatic carbocycles. The third kappa shape index (κ3) is 13.1. The van der Waals surface area contributed by atoms with E-state index >= 15 is 0 Å². The van der Waals surface area contributed by atoms with Crippen LogP contribution < -0.4 is 5.32 Å². The topological polar surface area (TPSA) is 81.8 Å². The molecule has 0 unspecified atom stereocenters. The first-order chi connectivity index (χ1) is 16.0. The predicted octanol–water partition coefficient (Wildman–Crippen LogP) is 4.72. The van der Waals surface area contributed by atoms with Crippen molar-refractivity contribution >= 4 is 18.8 Å². The summed E-state index contributed by atoms with van der Waals surface area (Å²) in [5, 5.41) is 13.1. The summed E-state index contributed by atoms with van der Waals surface area (Å²) in [5.41, 5.74) is 2.19. The number of phenolic OH excluding ortho intramolecular Hbond substituents is 1. The molecule has 2 N–H and O–H groups in total. The molecule has 1 aromatic rings. The van der Waals surface area contributed by atoms with Gasteiger partial charge in [0.25, 0.3) is 0 Å². The van der Waals surface area contributed by atoms with Gasteiger partial charge in [-0.25, -0.2) is 4.99 Å². The highest BCUT2D eigenvalue weighted by Gasteiger charge is 2.06. The maximum Gasteiger partial charge on any atom is 0.131 e. The van der Waals surface area contributed by atoms with Crippen molar-refractivity contribution in [2.75, 3.05) is 33.4 Å². The van der Waals surface area contributed by atoms with Crippen LogP contribution in [0, 0.1) is 0 Å². The summed E-state index contributed by atoms with van der Waals surface area (Å²) in [6, 6.07) is 7.11. The molecular weight excluding hydrogens is 414 g/mol. The maximum absolute atomic E-state index is 9.72. The largest absolute Gasteiger partial charge is 0.508 e. The molecule has 0 aliphatic rings. The fourth-order valence-corrected chi connectivity index (χ4v) is 2.82. The summed E-state index contributed by atoms with van der Waals surface area (Å²) in [6.07, 6.45) is 10.1. The van der Waals surface area contributed by atoms with E-state index in [1.165, 1.54) is 11.8 Å². The van der Waals surface area contributed by atoms with Crippen molar-refractivity contribution in [2.45, 2.75) is 39.7 Å². The summed E-state index contributed by atoms with van der Waals surface area (Å²) < 4.78 is 5.59. The van der Waals surface area contributed by atoms with Crippen molar-refractivity contribution in [3.05, 3.63) is 66.2 Å². The summed E-state index contributed by atoms with van der Waals surface area (Å²) in [5.74, 6) is 1.65. The minimum atomic E-state index is 0.230. The lowest BCUT2D eigenvalue weighted by molar-refractivity contribution is 0.119. The van der Waals surface area contributed by atoms with Crippen LogP contribution in [0.15, 0.2) is 75.6 Å². The van der Waals surface area contributed by atoms with Gasteiger partial charge in [-0.2, -0.15) is 0 Å². The Labute approximate surface area is 199 Å². The minimum absolute atomic E-state index is 0.230. The van der Waals surface area contributed by atoms with Crippen molar-refractivity contribution in [1.29, 1.82) is 0 Å². The van der Waals surface area contributed by atoms with Gasteiger partial charge in [0.05, 0.1) is 13.2 Å². The van der Waals surface area contributed by atoms with Crippen LogP contribution in [-0.2, 0) is 11.3 Å². The second-order valence-corrected chi connectivity index (χ2v) is 7.54. The average molecular weight is 454 g/mol. The van der Waals surface area contributed by atoms with Crippen molar-refractivity contribution in [2.24, 2.45) is 15.0 Å².